The molecule has 4 nitrogen and oxygen atoms in total. The summed E-state index contributed by atoms with van der Waals surface area (Å²) in [6.07, 6.45) is 0.807. The van der Waals surface area contributed by atoms with E-state index >= 15 is 0 Å². The number of nitrogens with two attached hydrogens (primary N) is 1. The van der Waals surface area contributed by atoms with Crippen molar-refractivity contribution in [3.63, 3.8) is 0 Å². The molecule has 0 bridgehead atoms. The molecule has 0 spiro atoms. The van der Waals surface area contributed by atoms with E-state index in [0.717, 1.165) is 23.4 Å². The van der Waals surface area contributed by atoms with Gasteiger partial charge in [0.15, 0.2) is 0 Å². The molecule has 1 aliphatic heterocycles. The van der Waals surface area contributed by atoms with Gasteiger partial charge in [0.05, 0.1) is 5.56 Å². The van der Waals surface area contributed by atoms with Crippen LogP contribution in [0.15, 0.2) is 30.3 Å². The highest BCUT2D eigenvalue weighted by molar-refractivity contribution is 5.96. The first-order chi connectivity index (χ1) is 9.97. The Morgan fingerprint density at radius 3 is 2.81 bits per heavy atom. The molecule has 0 atom stereocenters. The second-order valence-corrected chi connectivity index (χ2v) is 5.20. The number of rotatable bonds is 2. The number of aryl methyl sites for hydroxylation is 1. The number of carboxylic acid groups (broad SMARTS) is 1. The average molecular weight is 286 g/mol. The molecule has 0 unspecified atom stereocenters. The van der Waals surface area contributed by atoms with E-state index in [1.54, 1.807) is 19.1 Å². The Hall–Kier alpha value is -2.56. The van der Waals surface area contributed by atoms with Crippen molar-refractivity contribution in [1.82, 2.24) is 0 Å². The van der Waals surface area contributed by atoms with Crippen LogP contribution in [0.4, 0.5) is 21.5 Å². The molecule has 0 saturated carbocycles. The van der Waals surface area contributed by atoms with Crippen LogP contribution in [0, 0.1) is 12.7 Å². The molecule has 0 radical (unpaired) electrons. The fraction of sp³-hybridized carbons (Fsp3) is 0.188. The Morgan fingerprint density at radius 2 is 2.10 bits per heavy atom. The largest absolute Gasteiger partial charge is 0.478 e. The van der Waals surface area contributed by atoms with Crippen LogP contribution in [-0.4, -0.2) is 17.6 Å². The van der Waals surface area contributed by atoms with Gasteiger partial charge in [-0.1, -0.05) is 6.07 Å². The number of aromatic carboxylic acids is 1. The smallest absolute Gasteiger partial charge is 0.337 e. The molecule has 0 aliphatic carbocycles. The number of nitrogens with zero attached hydrogens (tertiary/aromatic N) is 1. The summed E-state index contributed by atoms with van der Waals surface area (Å²) in [5, 5.41) is 9.24. The highest BCUT2D eigenvalue weighted by atomic mass is 19.1. The number of fused-ring (bicyclic) bond motifs is 1. The third-order valence-corrected chi connectivity index (χ3v) is 3.86. The zero-order chi connectivity index (χ0) is 15.1. The highest BCUT2D eigenvalue weighted by Crippen LogP contribution is 2.37. The molecule has 2 aromatic carbocycles. The number of anilines is 3. The topological polar surface area (TPSA) is 66.6 Å². The van der Waals surface area contributed by atoms with Crippen LogP contribution in [-0.2, 0) is 6.42 Å². The monoisotopic (exact) mass is 286 g/mol. The number of carbonyl (C=O) groups is 1. The summed E-state index contributed by atoms with van der Waals surface area (Å²) in [5.74, 6) is -1.36. The molecule has 0 fully saturated rings. The summed E-state index contributed by atoms with van der Waals surface area (Å²) in [6, 6.07) is 8.08. The van der Waals surface area contributed by atoms with Gasteiger partial charge >= 0.3 is 5.97 Å². The van der Waals surface area contributed by atoms with Crippen molar-refractivity contribution in [2.24, 2.45) is 0 Å². The Labute approximate surface area is 121 Å². The van der Waals surface area contributed by atoms with Crippen LogP contribution in [0.25, 0.3) is 0 Å². The minimum absolute atomic E-state index is 0.0786. The molecular weight excluding hydrogens is 271 g/mol. The molecule has 1 heterocycles. The maximum Gasteiger partial charge on any atom is 0.337 e. The molecule has 5 heteroatoms. The van der Waals surface area contributed by atoms with E-state index in [4.69, 9.17) is 5.73 Å². The number of benzene rings is 2. The fourth-order valence-electron chi connectivity index (χ4n) is 2.73. The van der Waals surface area contributed by atoms with Crippen LogP contribution < -0.4 is 10.6 Å². The number of halogens is 1. The predicted octanol–water partition coefficient (Wildman–Crippen LogP) is 3.11. The summed E-state index contributed by atoms with van der Waals surface area (Å²) >= 11 is 0. The van der Waals surface area contributed by atoms with Gasteiger partial charge in [-0.3, -0.25) is 0 Å². The van der Waals surface area contributed by atoms with Crippen molar-refractivity contribution in [1.29, 1.82) is 0 Å². The normalized spacial score (nSPS) is 13.3. The van der Waals surface area contributed by atoms with Gasteiger partial charge in [0.2, 0.25) is 0 Å². The first-order valence-corrected chi connectivity index (χ1v) is 6.67. The first-order valence-electron chi connectivity index (χ1n) is 6.67. The van der Waals surface area contributed by atoms with Gasteiger partial charge in [0.1, 0.15) is 5.82 Å². The predicted molar refractivity (Wildman–Crippen MR) is 79.7 cm³/mol. The van der Waals surface area contributed by atoms with Crippen molar-refractivity contribution in [2.45, 2.75) is 13.3 Å². The van der Waals surface area contributed by atoms with E-state index in [0.29, 0.717) is 12.1 Å². The highest BCUT2D eigenvalue weighted by Gasteiger charge is 2.23. The summed E-state index contributed by atoms with van der Waals surface area (Å²) in [6.45, 7) is 2.47. The van der Waals surface area contributed by atoms with Crippen LogP contribution in [0.5, 0.6) is 0 Å². The lowest BCUT2D eigenvalue weighted by Gasteiger charge is -2.21. The lowest BCUT2D eigenvalue weighted by Crippen LogP contribution is -2.15. The first kappa shape index (κ1) is 13.4. The minimum Gasteiger partial charge on any atom is -0.478 e. The summed E-state index contributed by atoms with van der Waals surface area (Å²) < 4.78 is 13.5. The molecule has 0 aromatic heterocycles. The number of hydrogen-bond donors (Lipinski definition) is 2. The molecular formula is C16H15FN2O2. The molecule has 108 valence electrons. The number of nitrogen functional groups attached to an aromatic ring is 1. The van der Waals surface area contributed by atoms with E-state index < -0.39 is 5.97 Å². The third kappa shape index (κ3) is 2.20. The van der Waals surface area contributed by atoms with Crippen LogP contribution in [0.2, 0.25) is 0 Å². The van der Waals surface area contributed by atoms with E-state index in [-0.39, 0.29) is 17.1 Å². The van der Waals surface area contributed by atoms with Gasteiger partial charge in [-0.25, -0.2) is 9.18 Å². The van der Waals surface area contributed by atoms with Crippen molar-refractivity contribution in [3.05, 3.63) is 52.8 Å². The van der Waals surface area contributed by atoms with Crippen LogP contribution in [0.3, 0.4) is 0 Å². The van der Waals surface area contributed by atoms with E-state index in [2.05, 4.69) is 0 Å². The van der Waals surface area contributed by atoms with Gasteiger partial charge in [-0.05, 0) is 48.7 Å². The van der Waals surface area contributed by atoms with Gasteiger partial charge in [0.25, 0.3) is 0 Å². The Morgan fingerprint density at radius 1 is 1.33 bits per heavy atom. The van der Waals surface area contributed by atoms with Crippen LogP contribution in [0.1, 0.15) is 21.5 Å². The molecule has 0 saturated heterocycles. The van der Waals surface area contributed by atoms with Gasteiger partial charge in [0, 0.05) is 23.6 Å². The van der Waals surface area contributed by atoms with Gasteiger partial charge in [-0.15, -0.1) is 0 Å². The third-order valence-electron chi connectivity index (χ3n) is 3.86. The molecule has 21 heavy (non-hydrogen) atoms. The van der Waals surface area contributed by atoms with E-state index in [9.17, 15) is 14.3 Å². The Kier molecular flexibility index (Phi) is 3.05. The number of carboxylic acids is 1. The zero-order valence-electron chi connectivity index (χ0n) is 11.6. The second kappa shape index (κ2) is 4.77. The summed E-state index contributed by atoms with van der Waals surface area (Å²) in [7, 11) is 0. The molecule has 1 aliphatic rings. The average Bonchev–Trinajstić information content (AvgIpc) is 2.84. The van der Waals surface area contributed by atoms with Crippen molar-refractivity contribution in [2.75, 3.05) is 17.2 Å². The van der Waals surface area contributed by atoms with Gasteiger partial charge < -0.3 is 15.7 Å². The van der Waals surface area contributed by atoms with E-state index in [1.165, 1.54) is 12.1 Å². The quantitative estimate of drug-likeness (QED) is 0.832. The number of hydrogen-bond acceptors (Lipinski definition) is 3. The lowest BCUT2D eigenvalue weighted by molar-refractivity contribution is 0.0698. The molecule has 2 aromatic rings. The van der Waals surface area contributed by atoms with Crippen molar-refractivity contribution in [3.8, 4) is 0 Å². The maximum absolute atomic E-state index is 13.5. The lowest BCUT2D eigenvalue weighted by atomic mass is 10.1. The second-order valence-electron chi connectivity index (χ2n) is 5.20. The van der Waals surface area contributed by atoms with Crippen molar-refractivity contribution < 1.29 is 14.3 Å². The standard InChI is InChI=1S/C16H15FN2O2/c1-9-6-12(8-13(15(9)18)16(20)21)19-5-4-10-2-3-11(17)7-14(10)19/h2-3,6-8H,4-5,18H2,1H3,(H,20,21). The zero-order valence-corrected chi connectivity index (χ0v) is 11.6. The molecule has 3 rings (SSSR count). The maximum atomic E-state index is 13.5. The Bertz CT molecular complexity index is 743. The fourth-order valence-corrected chi connectivity index (χ4v) is 2.73. The SMILES string of the molecule is Cc1cc(N2CCc3ccc(F)cc32)cc(C(=O)O)c1N. The molecule has 3 N–H and O–H groups in total. The van der Waals surface area contributed by atoms with Crippen molar-refractivity contribution >= 4 is 23.0 Å². The van der Waals surface area contributed by atoms with E-state index in [1.807, 2.05) is 11.0 Å². The van der Waals surface area contributed by atoms with Gasteiger partial charge in [-0.2, -0.15) is 0 Å². The summed E-state index contributed by atoms with van der Waals surface area (Å²) in [4.78, 5) is 13.2. The Balaban J connectivity index is 2.11. The summed E-state index contributed by atoms with van der Waals surface area (Å²) in [5.41, 5.74) is 9.43. The minimum atomic E-state index is -1.06. The molecule has 0 amide bonds. The van der Waals surface area contributed by atoms with Crippen LogP contribution >= 0.6 is 0 Å².